The number of quaternary nitrogens is 1. The molecule has 1 saturated heterocycles. The molecule has 0 spiro atoms. The molecule has 7 rings (SSSR count). The lowest BCUT2D eigenvalue weighted by Gasteiger charge is -2.56. The van der Waals surface area contributed by atoms with Gasteiger partial charge in [0.25, 0.3) is 0 Å². The van der Waals surface area contributed by atoms with Gasteiger partial charge in [0.2, 0.25) is 5.69 Å². The van der Waals surface area contributed by atoms with Gasteiger partial charge < -0.3 is 15.0 Å². The zero-order valence-corrected chi connectivity index (χ0v) is 22.9. The molecule has 5 aliphatic rings. The van der Waals surface area contributed by atoms with E-state index in [2.05, 4.69) is 10.3 Å². The van der Waals surface area contributed by atoms with Crippen molar-refractivity contribution in [3.05, 3.63) is 35.9 Å². The molecule has 2 amide bonds. The number of alkyl halides is 1. The number of nitrogens with zero attached hydrogens (tertiary/aromatic N) is 2. The monoisotopic (exact) mass is 527 g/mol. The van der Waals surface area contributed by atoms with E-state index in [1.54, 1.807) is 0 Å². The topological polar surface area (TPSA) is 83.0 Å². The number of H-pyrrole nitrogens is 1. The summed E-state index contributed by atoms with van der Waals surface area (Å²) in [7, 11) is 0. The summed E-state index contributed by atoms with van der Waals surface area (Å²) >= 11 is 0. The number of carbonyl (C=O) groups is 2. The van der Waals surface area contributed by atoms with Gasteiger partial charge in [-0.15, -0.1) is 0 Å². The van der Waals surface area contributed by atoms with Gasteiger partial charge in [-0.2, -0.15) is 4.40 Å². The summed E-state index contributed by atoms with van der Waals surface area (Å²) in [5.41, 5.74) is 1.16. The zero-order valence-electron chi connectivity index (χ0n) is 22.9. The van der Waals surface area contributed by atoms with E-state index in [4.69, 9.17) is 4.74 Å². The molecule has 4 aliphatic carbocycles. The number of pyridine rings is 1. The van der Waals surface area contributed by atoms with E-state index in [-0.39, 0.29) is 18.0 Å². The highest BCUT2D eigenvalue weighted by Crippen LogP contribution is 2.55. The number of ether oxygens (including phenoxy) is 1. The van der Waals surface area contributed by atoms with E-state index < -0.39 is 17.9 Å². The number of aromatic amines is 1. The van der Waals surface area contributed by atoms with Crippen LogP contribution in [0.5, 0.6) is 0 Å². The number of aromatic nitrogens is 2. The fourth-order valence-electron chi connectivity index (χ4n) is 8.02. The number of imidazole rings is 1. The largest absolute Gasteiger partial charge is 0.444 e. The first kappa shape index (κ1) is 25.6. The standard InChI is InChI=1S/C29H40FN5O3/c1-28(2,3)38-27(37)34-9-8-33(16-22(30)17-34)18-23-24-6-4-5-7-35(24)25(31-23)26(36)32-29-13-19-10-20(14-29)12-21(11-19)15-29/h4-7,19-22H,8-18H2,1-3H3,(H,32,36)/p+2. The third-order valence-corrected chi connectivity index (χ3v) is 9.05. The lowest BCUT2D eigenvalue weighted by atomic mass is 9.53. The van der Waals surface area contributed by atoms with Crippen molar-refractivity contribution in [2.45, 2.75) is 83.2 Å². The molecule has 2 aromatic heterocycles. The van der Waals surface area contributed by atoms with Crippen molar-refractivity contribution in [3.63, 3.8) is 0 Å². The van der Waals surface area contributed by atoms with Gasteiger partial charge in [0.05, 0.1) is 25.8 Å². The van der Waals surface area contributed by atoms with Crippen molar-refractivity contribution in [1.29, 1.82) is 0 Å². The van der Waals surface area contributed by atoms with Crippen LogP contribution in [0.15, 0.2) is 24.4 Å². The number of hydrogen-bond acceptors (Lipinski definition) is 3. The van der Waals surface area contributed by atoms with Crippen molar-refractivity contribution in [1.82, 2.24) is 15.2 Å². The Morgan fingerprint density at radius 2 is 1.87 bits per heavy atom. The Morgan fingerprint density at radius 3 is 2.53 bits per heavy atom. The van der Waals surface area contributed by atoms with Gasteiger partial charge >= 0.3 is 17.8 Å². The first-order chi connectivity index (χ1) is 18.1. The molecule has 3 N–H and O–H groups in total. The Kier molecular flexibility index (Phi) is 6.40. The summed E-state index contributed by atoms with van der Waals surface area (Å²) in [4.78, 5) is 32.2. The first-order valence-corrected chi connectivity index (χ1v) is 14.4. The molecule has 4 bridgehead atoms. The molecule has 2 aromatic rings. The summed E-state index contributed by atoms with van der Waals surface area (Å²) in [6.45, 7) is 7.36. The van der Waals surface area contributed by atoms with Gasteiger partial charge in [0, 0.05) is 5.54 Å². The Hall–Kier alpha value is -2.68. The molecule has 3 heterocycles. The normalized spacial score (nSPS) is 32.8. The second-order valence-corrected chi connectivity index (χ2v) is 13.5. The van der Waals surface area contributed by atoms with Gasteiger partial charge in [0.15, 0.2) is 11.7 Å². The molecule has 2 atom stereocenters. The minimum absolute atomic E-state index is 0.0390. The zero-order chi connectivity index (χ0) is 26.7. The summed E-state index contributed by atoms with van der Waals surface area (Å²) in [5, 5.41) is 3.49. The Bertz CT molecular complexity index is 1190. The summed E-state index contributed by atoms with van der Waals surface area (Å²) in [6.07, 6.45) is 7.61. The average Bonchev–Trinajstić information content (AvgIpc) is 3.06. The van der Waals surface area contributed by atoms with E-state index in [1.165, 1.54) is 24.2 Å². The highest BCUT2D eigenvalue weighted by molar-refractivity contribution is 5.90. The molecular weight excluding hydrogens is 485 g/mol. The highest BCUT2D eigenvalue weighted by Gasteiger charge is 2.52. The lowest BCUT2D eigenvalue weighted by Crippen LogP contribution is -3.12. The van der Waals surface area contributed by atoms with Crippen LogP contribution in [-0.4, -0.2) is 65.4 Å². The molecule has 8 nitrogen and oxygen atoms in total. The number of nitrogens with one attached hydrogen (secondary N) is 3. The Balaban J connectivity index is 1.18. The molecule has 206 valence electrons. The molecule has 38 heavy (non-hydrogen) atoms. The number of rotatable bonds is 4. The first-order valence-electron chi connectivity index (χ1n) is 14.4. The number of carbonyl (C=O) groups excluding carboxylic acids is 2. The molecule has 1 aliphatic heterocycles. The molecule has 0 aromatic carbocycles. The Morgan fingerprint density at radius 1 is 1.18 bits per heavy atom. The fraction of sp³-hybridized carbons (Fsp3) is 0.690. The number of halogens is 1. The van der Waals surface area contributed by atoms with Crippen LogP contribution < -0.4 is 14.6 Å². The third kappa shape index (κ3) is 5.14. The predicted molar refractivity (Wildman–Crippen MR) is 139 cm³/mol. The second kappa shape index (κ2) is 9.50. The van der Waals surface area contributed by atoms with Crippen LogP contribution in [0.1, 0.15) is 75.6 Å². The maximum absolute atomic E-state index is 15.0. The smallest absolute Gasteiger partial charge is 0.410 e. The van der Waals surface area contributed by atoms with Crippen molar-refractivity contribution >= 4 is 17.5 Å². The van der Waals surface area contributed by atoms with Crippen LogP contribution in [0.25, 0.3) is 5.52 Å². The van der Waals surface area contributed by atoms with Crippen molar-refractivity contribution < 1.29 is 28.0 Å². The molecular formula is C29H42FN5O3+2. The van der Waals surface area contributed by atoms with Crippen LogP contribution in [0.3, 0.4) is 0 Å². The third-order valence-electron chi connectivity index (χ3n) is 9.05. The molecule has 0 radical (unpaired) electrons. The minimum Gasteiger partial charge on any atom is -0.444 e. The summed E-state index contributed by atoms with van der Waals surface area (Å²) < 4.78 is 22.4. The molecule has 2 unspecified atom stereocenters. The fourth-order valence-corrected chi connectivity index (χ4v) is 8.02. The van der Waals surface area contributed by atoms with Crippen LogP contribution in [0, 0.1) is 17.8 Å². The van der Waals surface area contributed by atoms with E-state index >= 15 is 0 Å². The van der Waals surface area contributed by atoms with E-state index in [0.29, 0.717) is 32.0 Å². The van der Waals surface area contributed by atoms with Gasteiger partial charge in [-0.1, -0.05) is 6.07 Å². The predicted octanol–water partition coefficient (Wildman–Crippen LogP) is 2.43. The molecule has 9 heteroatoms. The summed E-state index contributed by atoms with van der Waals surface area (Å²) in [6, 6.07) is 5.90. The van der Waals surface area contributed by atoms with Gasteiger partial charge in [-0.25, -0.2) is 14.2 Å². The van der Waals surface area contributed by atoms with Gasteiger partial charge in [-0.3, -0.25) is 9.69 Å². The number of amides is 2. The van der Waals surface area contributed by atoms with E-state index in [0.717, 1.165) is 53.1 Å². The highest BCUT2D eigenvalue weighted by atomic mass is 19.1. The van der Waals surface area contributed by atoms with Gasteiger partial charge in [-0.05, 0) is 89.2 Å². The van der Waals surface area contributed by atoms with Crippen molar-refractivity contribution in [2.24, 2.45) is 17.8 Å². The second-order valence-electron chi connectivity index (χ2n) is 13.5. The number of fused-ring (bicyclic) bond motifs is 1. The van der Waals surface area contributed by atoms with Crippen LogP contribution in [0.4, 0.5) is 9.18 Å². The van der Waals surface area contributed by atoms with Gasteiger partial charge in [0.1, 0.15) is 18.7 Å². The van der Waals surface area contributed by atoms with E-state index in [1.807, 2.05) is 49.6 Å². The SMILES string of the molecule is CC(C)(C)OC(=O)N1CC[NH+](Cc2[nH]c(C(=O)NC34CC5CC(CC(C5)C3)C4)[n+]3ccccc23)CC(F)C1. The quantitative estimate of drug-likeness (QED) is 0.534. The minimum atomic E-state index is -1.15. The number of hydrogen-bond donors (Lipinski definition) is 3. The Labute approximate surface area is 223 Å². The maximum atomic E-state index is 15.0. The average molecular weight is 528 g/mol. The molecule has 4 saturated carbocycles. The van der Waals surface area contributed by atoms with Crippen molar-refractivity contribution in [3.8, 4) is 0 Å². The van der Waals surface area contributed by atoms with Crippen LogP contribution in [0.2, 0.25) is 0 Å². The van der Waals surface area contributed by atoms with Crippen LogP contribution >= 0.6 is 0 Å². The van der Waals surface area contributed by atoms with E-state index in [9.17, 15) is 14.0 Å². The summed E-state index contributed by atoms with van der Waals surface area (Å²) in [5.74, 6) is 2.75. The maximum Gasteiger partial charge on any atom is 0.410 e. The van der Waals surface area contributed by atoms with Crippen LogP contribution in [-0.2, 0) is 11.3 Å². The lowest BCUT2D eigenvalue weighted by molar-refractivity contribution is -0.914. The molecule has 5 fully saturated rings. The van der Waals surface area contributed by atoms with Crippen molar-refractivity contribution in [2.75, 3.05) is 26.2 Å².